The predicted molar refractivity (Wildman–Crippen MR) is 75.6 cm³/mol. The molecule has 0 spiro atoms. The van der Waals surface area contributed by atoms with Crippen LogP contribution in [0.5, 0.6) is 0 Å². The van der Waals surface area contributed by atoms with Crippen molar-refractivity contribution in [3.05, 3.63) is 71.3 Å². The Morgan fingerprint density at radius 1 is 1.05 bits per heavy atom. The van der Waals surface area contributed by atoms with Crippen molar-refractivity contribution in [2.45, 2.75) is 24.8 Å². The van der Waals surface area contributed by atoms with E-state index in [4.69, 9.17) is 0 Å². The van der Waals surface area contributed by atoms with E-state index < -0.39 is 5.41 Å². The van der Waals surface area contributed by atoms with Crippen LogP contribution in [-0.4, -0.2) is 5.91 Å². The van der Waals surface area contributed by atoms with E-state index in [1.807, 2.05) is 0 Å². The van der Waals surface area contributed by atoms with Crippen molar-refractivity contribution in [2.75, 3.05) is 0 Å². The fourth-order valence-electron chi connectivity index (χ4n) is 2.54. The van der Waals surface area contributed by atoms with Gasteiger partial charge < -0.3 is 5.32 Å². The van der Waals surface area contributed by atoms with Crippen LogP contribution < -0.4 is 5.32 Å². The highest BCUT2D eigenvalue weighted by Gasteiger charge is 2.51. The molecule has 1 fully saturated rings. The maximum Gasteiger partial charge on any atom is 0.230 e. The standard InChI is InChI=1S/C17H15F2NO/c18-14-6-4-13(5-7-14)17(8-9-17)16(21)20-11-12-2-1-3-15(19)10-12/h1-7,10H,8-9,11H2,(H,20,21). The highest BCUT2D eigenvalue weighted by atomic mass is 19.1. The topological polar surface area (TPSA) is 29.1 Å². The van der Waals surface area contributed by atoms with Gasteiger partial charge in [-0.05, 0) is 48.2 Å². The summed E-state index contributed by atoms with van der Waals surface area (Å²) in [5.74, 6) is -0.713. The molecule has 1 aliphatic rings. The molecule has 1 aliphatic carbocycles. The van der Waals surface area contributed by atoms with Gasteiger partial charge in [-0.2, -0.15) is 0 Å². The molecule has 4 heteroatoms. The summed E-state index contributed by atoms with van der Waals surface area (Å²) in [5, 5.41) is 2.84. The molecule has 1 saturated carbocycles. The van der Waals surface area contributed by atoms with Crippen molar-refractivity contribution in [3.8, 4) is 0 Å². The van der Waals surface area contributed by atoms with Crippen molar-refractivity contribution >= 4 is 5.91 Å². The minimum atomic E-state index is -0.541. The SMILES string of the molecule is O=C(NCc1cccc(F)c1)C1(c2ccc(F)cc2)CC1. The lowest BCUT2D eigenvalue weighted by molar-refractivity contribution is -0.123. The summed E-state index contributed by atoms with van der Waals surface area (Å²) in [6, 6.07) is 12.2. The Labute approximate surface area is 121 Å². The van der Waals surface area contributed by atoms with Gasteiger partial charge in [0, 0.05) is 6.54 Å². The van der Waals surface area contributed by atoms with Gasteiger partial charge in [0.15, 0.2) is 0 Å². The fraction of sp³-hybridized carbons (Fsp3) is 0.235. The van der Waals surface area contributed by atoms with E-state index in [0.717, 1.165) is 24.0 Å². The number of carbonyl (C=O) groups is 1. The zero-order valence-electron chi connectivity index (χ0n) is 11.4. The smallest absolute Gasteiger partial charge is 0.230 e. The van der Waals surface area contributed by atoms with Crippen LogP contribution in [0.4, 0.5) is 8.78 Å². The van der Waals surface area contributed by atoms with Gasteiger partial charge in [0.1, 0.15) is 11.6 Å². The van der Waals surface area contributed by atoms with Crippen molar-refractivity contribution in [1.29, 1.82) is 0 Å². The number of nitrogens with one attached hydrogen (secondary N) is 1. The Morgan fingerprint density at radius 2 is 1.76 bits per heavy atom. The monoisotopic (exact) mass is 287 g/mol. The van der Waals surface area contributed by atoms with E-state index in [2.05, 4.69) is 5.32 Å². The number of hydrogen-bond donors (Lipinski definition) is 1. The molecule has 21 heavy (non-hydrogen) atoms. The van der Waals surface area contributed by atoms with Gasteiger partial charge in [0.05, 0.1) is 5.41 Å². The number of amides is 1. The quantitative estimate of drug-likeness (QED) is 0.918. The Bertz CT molecular complexity index is 663. The summed E-state index contributed by atoms with van der Waals surface area (Å²) in [4.78, 5) is 12.4. The first kappa shape index (κ1) is 13.7. The average Bonchev–Trinajstić information content (AvgIpc) is 3.27. The summed E-state index contributed by atoms with van der Waals surface area (Å²) in [5.41, 5.74) is 1.01. The Hall–Kier alpha value is -2.23. The number of carbonyl (C=O) groups excluding carboxylic acids is 1. The second-order valence-corrected chi connectivity index (χ2v) is 5.40. The van der Waals surface area contributed by atoms with E-state index >= 15 is 0 Å². The first-order valence-corrected chi connectivity index (χ1v) is 6.89. The Balaban J connectivity index is 1.69. The Kier molecular flexibility index (Phi) is 3.45. The number of hydrogen-bond acceptors (Lipinski definition) is 1. The molecule has 1 amide bonds. The molecule has 2 aromatic rings. The molecule has 0 bridgehead atoms. The molecule has 2 nitrogen and oxygen atoms in total. The molecule has 0 aromatic heterocycles. The minimum absolute atomic E-state index is 0.0848. The zero-order valence-corrected chi connectivity index (χ0v) is 11.4. The fourth-order valence-corrected chi connectivity index (χ4v) is 2.54. The third-order valence-electron chi connectivity index (χ3n) is 3.92. The molecule has 108 valence electrons. The van der Waals surface area contributed by atoms with Crippen LogP contribution in [0.3, 0.4) is 0 Å². The molecule has 1 N–H and O–H groups in total. The maximum absolute atomic E-state index is 13.1. The van der Waals surface area contributed by atoms with Gasteiger partial charge >= 0.3 is 0 Å². The molecule has 0 radical (unpaired) electrons. The van der Waals surface area contributed by atoms with Gasteiger partial charge in [-0.15, -0.1) is 0 Å². The highest BCUT2D eigenvalue weighted by molar-refractivity contribution is 5.91. The van der Waals surface area contributed by atoms with E-state index in [-0.39, 0.29) is 17.5 Å². The highest BCUT2D eigenvalue weighted by Crippen LogP contribution is 2.48. The summed E-state index contributed by atoms with van der Waals surface area (Å²) in [6.45, 7) is 0.291. The van der Waals surface area contributed by atoms with Crippen LogP contribution in [0.15, 0.2) is 48.5 Å². The molecule has 2 aromatic carbocycles. The zero-order chi connectivity index (χ0) is 14.9. The largest absolute Gasteiger partial charge is 0.351 e. The van der Waals surface area contributed by atoms with Crippen molar-refractivity contribution in [1.82, 2.24) is 5.32 Å². The number of benzene rings is 2. The van der Waals surface area contributed by atoms with Crippen LogP contribution in [0.25, 0.3) is 0 Å². The first-order valence-electron chi connectivity index (χ1n) is 6.89. The van der Waals surface area contributed by atoms with Crippen molar-refractivity contribution in [2.24, 2.45) is 0 Å². The Morgan fingerprint density at radius 3 is 2.38 bits per heavy atom. The summed E-state index contributed by atoms with van der Waals surface area (Å²) < 4.78 is 26.1. The van der Waals surface area contributed by atoms with Crippen LogP contribution in [0, 0.1) is 11.6 Å². The molecule has 3 rings (SSSR count). The normalized spacial score (nSPS) is 15.5. The molecule has 0 aliphatic heterocycles. The molecular formula is C17H15F2NO. The first-order chi connectivity index (χ1) is 10.1. The maximum atomic E-state index is 13.1. The lowest BCUT2D eigenvalue weighted by atomic mass is 9.95. The van der Waals surface area contributed by atoms with Gasteiger partial charge in [-0.3, -0.25) is 4.79 Å². The van der Waals surface area contributed by atoms with Gasteiger partial charge in [0.25, 0.3) is 0 Å². The number of halogens is 2. The minimum Gasteiger partial charge on any atom is -0.351 e. The molecular weight excluding hydrogens is 272 g/mol. The van der Waals surface area contributed by atoms with Crippen molar-refractivity contribution < 1.29 is 13.6 Å². The molecule has 0 atom stereocenters. The van der Waals surface area contributed by atoms with Crippen molar-refractivity contribution in [3.63, 3.8) is 0 Å². The van der Waals surface area contributed by atoms with Gasteiger partial charge in [-0.25, -0.2) is 8.78 Å². The van der Waals surface area contributed by atoms with E-state index in [0.29, 0.717) is 6.54 Å². The average molecular weight is 287 g/mol. The number of rotatable bonds is 4. The van der Waals surface area contributed by atoms with E-state index in [1.165, 1.54) is 24.3 Å². The third-order valence-corrected chi connectivity index (χ3v) is 3.92. The molecule has 0 saturated heterocycles. The lowest BCUT2D eigenvalue weighted by Crippen LogP contribution is -2.34. The third kappa shape index (κ3) is 2.79. The second kappa shape index (κ2) is 5.28. The lowest BCUT2D eigenvalue weighted by Gasteiger charge is -2.16. The van der Waals surface area contributed by atoms with Gasteiger partial charge in [0.2, 0.25) is 5.91 Å². The summed E-state index contributed by atoms with van der Waals surface area (Å²) >= 11 is 0. The van der Waals surface area contributed by atoms with Crippen LogP contribution in [0.2, 0.25) is 0 Å². The summed E-state index contributed by atoms with van der Waals surface area (Å²) in [6.07, 6.45) is 1.52. The van der Waals surface area contributed by atoms with Crippen LogP contribution in [0.1, 0.15) is 24.0 Å². The molecule has 0 heterocycles. The van der Waals surface area contributed by atoms with Crippen LogP contribution >= 0.6 is 0 Å². The van der Waals surface area contributed by atoms with Crippen LogP contribution in [-0.2, 0) is 16.8 Å². The van der Waals surface area contributed by atoms with Gasteiger partial charge in [-0.1, -0.05) is 24.3 Å². The molecule has 0 unspecified atom stereocenters. The summed E-state index contributed by atoms with van der Waals surface area (Å²) in [7, 11) is 0. The predicted octanol–water partition coefficient (Wildman–Crippen LogP) is 3.31. The van der Waals surface area contributed by atoms with E-state index in [1.54, 1.807) is 24.3 Å². The van der Waals surface area contributed by atoms with E-state index in [9.17, 15) is 13.6 Å². The second-order valence-electron chi connectivity index (χ2n) is 5.40.